The molecule has 0 aliphatic rings. The third kappa shape index (κ3) is 5.64. The van der Waals surface area contributed by atoms with Gasteiger partial charge in [0.15, 0.2) is 0 Å². The number of sulfonamides is 1. The number of hydrogen-bond donors (Lipinski definition) is 1. The van der Waals surface area contributed by atoms with Crippen molar-refractivity contribution in [1.82, 2.24) is 5.32 Å². The summed E-state index contributed by atoms with van der Waals surface area (Å²) in [5.41, 5.74) is 2.02. The molecule has 33 heavy (non-hydrogen) atoms. The van der Waals surface area contributed by atoms with E-state index in [0.29, 0.717) is 11.4 Å². The minimum absolute atomic E-state index is 0.00450. The summed E-state index contributed by atoms with van der Waals surface area (Å²) in [7, 11) is -1.09. The summed E-state index contributed by atoms with van der Waals surface area (Å²) >= 11 is 0. The predicted octanol–water partition coefficient (Wildman–Crippen LogP) is 4.08. The second-order valence-electron chi connectivity index (χ2n) is 7.56. The molecule has 174 valence electrons. The van der Waals surface area contributed by atoms with Crippen LogP contribution in [0.15, 0.2) is 77.7 Å². The third-order valence-corrected chi connectivity index (χ3v) is 7.01. The Kier molecular flexibility index (Phi) is 7.60. The lowest BCUT2D eigenvalue weighted by Gasteiger charge is -2.26. The molecule has 3 aromatic rings. The maximum atomic E-state index is 13.7. The van der Waals surface area contributed by atoms with Gasteiger partial charge in [0, 0.05) is 0 Å². The van der Waals surface area contributed by atoms with Gasteiger partial charge in [0.25, 0.3) is 10.0 Å². The normalized spacial score (nSPS) is 12.0. The fraction of sp³-hybridized carbons (Fsp3) is 0.240. The van der Waals surface area contributed by atoms with Crippen LogP contribution in [0.4, 0.5) is 5.69 Å². The fourth-order valence-electron chi connectivity index (χ4n) is 3.41. The first-order valence-corrected chi connectivity index (χ1v) is 11.9. The first-order chi connectivity index (χ1) is 15.8. The zero-order chi connectivity index (χ0) is 24.0. The predicted molar refractivity (Wildman–Crippen MR) is 128 cm³/mol. The summed E-state index contributed by atoms with van der Waals surface area (Å²) < 4.78 is 38.9. The molecule has 0 aromatic heterocycles. The Hall–Kier alpha value is -3.52. The van der Waals surface area contributed by atoms with E-state index in [1.54, 1.807) is 62.6 Å². The molecule has 0 saturated heterocycles. The zero-order valence-corrected chi connectivity index (χ0v) is 19.9. The van der Waals surface area contributed by atoms with Crippen LogP contribution in [0, 0.1) is 6.92 Å². The summed E-state index contributed by atoms with van der Waals surface area (Å²) in [6.07, 6.45) is 0. The van der Waals surface area contributed by atoms with E-state index in [-0.39, 0.29) is 23.2 Å². The molecule has 8 heteroatoms. The third-order valence-electron chi connectivity index (χ3n) is 5.21. The Bertz CT molecular complexity index is 1200. The molecule has 1 N–H and O–H groups in total. The van der Waals surface area contributed by atoms with Gasteiger partial charge in [-0.25, -0.2) is 8.42 Å². The number of carbonyl (C=O) groups excluding carboxylic acids is 1. The van der Waals surface area contributed by atoms with Crippen LogP contribution in [-0.4, -0.2) is 35.1 Å². The van der Waals surface area contributed by atoms with Gasteiger partial charge < -0.3 is 14.8 Å². The second-order valence-corrected chi connectivity index (χ2v) is 9.39. The highest BCUT2D eigenvalue weighted by molar-refractivity contribution is 7.93. The molecule has 0 saturated carbocycles. The molecule has 0 heterocycles. The van der Waals surface area contributed by atoms with E-state index >= 15 is 0 Å². The SMILES string of the molecule is COc1ccc([C@@H](C)NC(=O)CN(c2ccccc2)S(=O)(=O)c2cc(C)ccc2OC)cc1. The zero-order valence-electron chi connectivity index (χ0n) is 19.1. The van der Waals surface area contributed by atoms with Crippen LogP contribution >= 0.6 is 0 Å². The van der Waals surface area contributed by atoms with Crippen molar-refractivity contribution in [3.63, 3.8) is 0 Å². The van der Waals surface area contributed by atoms with Gasteiger partial charge in [0.2, 0.25) is 5.91 Å². The summed E-state index contributed by atoms with van der Waals surface area (Å²) in [6, 6.07) is 20.5. The Morgan fingerprint density at radius 1 is 0.970 bits per heavy atom. The van der Waals surface area contributed by atoms with Gasteiger partial charge in [-0.3, -0.25) is 9.10 Å². The molecule has 1 atom stereocenters. The van der Waals surface area contributed by atoms with Gasteiger partial charge in [0.1, 0.15) is 22.9 Å². The molecule has 3 rings (SSSR count). The molecule has 0 radical (unpaired) electrons. The van der Waals surface area contributed by atoms with Gasteiger partial charge in [-0.05, 0) is 61.4 Å². The minimum atomic E-state index is -4.09. The van der Waals surface area contributed by atoms with Crippen molar-refractivity contribution in [3.8, 4) is 11.5 Å². The Labute approximate surface area is 195 Å². The molecular formula is C25H28N2O5S. The van der Waals surface area contributed by atoms with Crippen LogP contribution < -0.4 is 19.1 Å². The summed E-state index contributed by atoms with van der Waals surface area (Å²) in [6.45, 7) is 3.25. The van der Waals surface area contributed by atoms with Crippen molar-refractivity contribution in [2.24, 2.45) is 0 Å². The number of carbonyl (C=O) groups is 1. The van der Waals surface area contributed by atoms with Gasteiger partial charge >= 0.3 is 0 Å². The highest BCUT2D eigenvalue weighted by atomic mass is 32.2. The smallest absolute Gasteiger partial charge is 0.268 e. The standard InChI is InChI=1S/C25H28N2O5S/c1-18-10-15-23(32-4)24(16-18)33(29,30)27(21-8-6-5-7-9-21)17-25(28)26-19(2)20-11-13-22(31-3)14-12-20/h5-16,19H,17H2,1-4H3,(H,26,28)/t19-/m1/s1. The summed E-state index contributed by atoms with van der Waals surface area (Å²) in [5, 5.41) is 2.88. The number of nitrogens with zero attached hydrogens (tertiary/aromatic N) is 1. The highest BCUT2D eigenvalue weighted by Gasteiger charge is 2.30. The van der Waals surface area contributed by atoms with Crippen LogP contribution in [0.25, 0.3) is 0 Å². The first kappa shape index (κ1) is 24.1. The molecule has 0 aliphatic heterocycles. The van der Waals surface area contributed by atoms with Crippen molar-refractivity contribution < 1.29 is 22.7 Å². The molecule has 0 aliphatic carbocycles. The number of amides is 1. The summed E-state index contributed by atoms with van der Waals surface area (Å²) in [5.74, 6) is 0.497. The van der Waals surface area contributed by atoms with Crippen LogP contribution in [0.2, 0.25) is 0 Å². The number of para-hydroxylation sites is 1. The van der Waals surface area contributed by atoms with E-state index in [1.807, 2.05) is 31.2 Å². The number of aryl methyl sites for hydroxylation is 1. The number of methoxy groups -OCH3 is 2. The quantitative estimate of drug-likeness (QED) is 0.511. The Morgan fingerprint density at radius 3 is 2.24 bits per heavy atom. The molecule has 1 amide bonds. The van der Waals surface area contributed by atoms with Gasteiger partial charge in [-0.2, -0.15) is 0 Å². The lowest BCUT2D eigenvalue weighted by molar-refractivity contribution is -0.120. The first-order valence-electron chi connectivity index (χ1n) is 10.4. The van der Waals surface area contributed by atoms with Gasteiger partial charge in [-0.15, -0.1) is 0 Å². The van der Waals surface area contributed by atoms with Crippen LogP contribution in [0.1, 0.15) is 24.1 Å². The van der Waals surface area contributed by atoms with Crippen molar-refractivity contribution in [2.45, 2.75) is 24.8 Å². The number of rotatable bonds is 9. The number of hydrogen-bond acceptors (Lipinski definition) is 5. The molecule has 0 spiro atoms. The van der Waals surface area contributed by atoms with Crippen molar-refractivity contribution in [3.05, 3.63) is 83.9 Å². The van der Waals surface area contributed by atoms with E-state index in [2.05, 4.69) is 5.32 Å². The fourth-order valence-corrected chi connectivity index (χ4v) is 5.07. The topological polar surface area (TPSA) is 84.9 Å². The van der Waals surface area contributed by atoms with E-state index in [9.17, 15) is 13.2 Å². The maximum Gasteiger partial charge on any atom is 0.268 e. The van der Waals surface area contributed by atoms with E-state index in [4.69, 9.17) is 9.47 Å². The minimum Gasteiger partial charge on any atom is -0.497 e. The van der Waals surface area contributed by atoms with Crippen LogP contribution in [0.5, 0.6) is 11.5 Å². The lowest BCUT2D eigenvalue weighted by atomic mass is 10.1. The van der Waals surface area contributed by atoms with E-state index in [0.717, 1.165) is 15.4 Å². The largest absolute Gasteiger partial charge is 0.497 e. The number of nitrogens with one attached hydrogen (secondary N) is 1. The average Bonchev–Trinajstić information content (AvgIpc) is 2.83. The van der Waals surface area contributed by atoms with E-state index in [1.165, 1.54) is 7.11 Å². The van der Waals surface area contributed by atoms with Crippen molar-refractivity contribution in [1.29, 1.82) is 0 Å². The van der Waals surface area contributed by atoms with Crippen LogP contribution in [-0.2, 0) is 14.8 Å². The van der Waals surface area contributed by atoms with Gasteiger partial charge in [0.05, 0.1) is 25.9 Å². The Balaban J connectivity index is 1.90. The summed E-state index contributed by atoms with van der Waals surface area (Å²) in [4.78, 5) is 13.0. The van der Waals surface area contributed by atoms with Gasteiger partial charge in [-0.1, -0.05) is 36.4 Å². The second kappa shape index (κ2) is 10.4. The maximum absolute atomic E-state index is 13.7. The van der Waals surface area contributed by atoms with Crippen molar-refractivity contribution in [2.75, 3.05) is 25.1 Å². The average molecular weight is 469 g/mol. The molecule has 0 unspecified atom stereocenters. The number of ether oxygens (including phenoxy) is 2. The molecule has 0 bridgehead atoms. The van der Waals surface area contributed by atoms with Crippen molar-refractivity contribution >= 4 is 21.6 Å². The molecule has 3 aromatic carbocycles. The molecule has 7 nitrogen and oxygen atoms in total. The lowest BCUT2D eigenvalue weighted by Crippen LogP contribution is -2.41. The number of anilines is 1. The van der Waals surface area contributed by atoms with E-state index < -0.39 is 15.9 Å². The van der Waals surface area contributed by atoms with Crippen LogP contribution in [0.3, 0.4) is 0 Å². The monoisotopic (exact) mass is 468 g/mol. The Morgan fingerprint density at radius 2 is 1.64 bits per heavy atom. The highest BCUT2D eigenvalue weighted by Crippen LogP contribution is 2.30. The number of benzene rings is 3. The molecule has 0 fully saturated rings. The molecular weight excluding hydrogens is 440 g/mol.